The van der Waals surface area contributed by atoms with Gasteiger partial charge in [0.15, 0.2) is 9.84 Å². The average molecular weight is 472 g/mol. The van der Waals surface area contributed by atoms with E-state index in [-0.39, 0.29) is 15.7 Å². The Morgan fingerprint density at radius 1 is 1.30 bits per heavy atom. The van der Waals surface area contributed by atoms with E-state index in [1.54, 1.807) is 30.3 Å². The normalized spacial score (nSPS) is 17.1. The molecule has 0 radical (unpaired) electrons. The summed E-state index contributed by atoms with van der Waals surface area (Å²) in [6.07, 6.45) is 2.65. The summed E-state index contributed by atoms with van der Waals surface area (Å²) in [6.45, 7) is 0.687. The second kappa shape index (κ2) is 7.61. The molecule has 0 spiro atoms. The predicted molar refractivity (Wildman–Crippen MR) is 109 cm³/mol. The number of anilines is 2. The molecule has 0 aliphatic carbocycles. The summed E-state index contributed by atoms with van der Waals surface area (Å²) >= 11 is 4.46. The molecule has 0 unspecified atom stereocenters. The highest BCUT2D eigenvalue weighted by Gasteiger charge is 2.32. The third-order valence-electron chi connectivity index (χ3n) is 4.34. The topological polar surface area (TPSA) is 110 Å². The Balaban J connectivity index is 1.80. The molecule has 7 nitrogen and oxygen atoms in total. The van der Waals surface area contributed by atoms with Crippen molar-refractivity contribution in [2.45, 2.75) is 23.8 Å². The molecule has 10 heteroatoms. The van der Waals surface area contributed by atoms with Crippen LogP contribution in [0.4, 0.5) is 11.4 Å². The minimum atomic E-state index is -3.27. The molecule has 2 aromatic rings. The van der Waals surface area contributed by atoms with Gasteiger partial charge in [0.05, 0.1) is 14.4 Å². The molecular formula is C17H18BrN3O4S2. The minimum Gasteiger partial charge on any atom is -0.365 e. The van der Waals surface area contributed by atoms with Crippen molar-refractivity contribution in [2.24, 2.45) is 5.73 Å². The molecule has 1 saturated heterocycles. The third-order valence-corrected chi connectivity index (χ3v) is 7.12. The second-order valence-electron chi connectivity index (χ2n) is 6.26. The number of halogens is 1. The van der Waals surface area contributed by atoms with E-state index in [1.165, 1.54) is 0 Å². The van der Waals surface area contributed by atoms with Gasteiger partial charge in [0.25, 0.3) is 5.91 Å². The highest BCUT2D eigenvalue weighted by molar-refractivity contribution is 9.11. The minimum absolute atomic E-state index is 0.229. The zero-order chi connectivity index (χ0) is 19.8. The van der Waals surface area contributed by atoms with Gasteiger partial charge in [-0.3, -0.25) is 9.59 Å². The van der Waals surface area contributed by atoms with E-state index in [0.29, 0.717) is 22.4 Å². The summed E-state index contributed by atoms with van der Waals surface area (Å²) in [7, 11) is -3.27. The van der Waals surface area contributed by atoms with Crippen LogP contribution < -0.4 is 16.0 Å². The number of hydrogen-bond donors (Lipinski definition) is 2. The molecule has 0 bridgehead atoms. The van der Waals surface area contributed by atoms with Crippen LogP contribution >= 0.6 is 27.3 Å². The van der Waals surface area contributed by atoms with Crippen LogP contribution in [0.15, 0.2) is 39.0 Å². The van der Waals surface area contributed by atoms with Gasteiger partial charge >= 0.3 is 0 Å². The number of sulfone groups is 1. The van der Waals surface area contributed by atoms with Gasteiger partial charge in [0.1, 0.15) is 10.9 Å². The Kier molecular flexibility index (Phi) is 5.59. The summed E-state index contributed by atoms with van der Waals surface area (Å²) in [5, 5.41) is 2.79. The zero-order valence-corrected chi connectivity index (χ0v) is 17.7. The van der Waals surface area contributed by atoms with E-state index in [4.69, 9.17) is 5.73 Å². The molecule has 1 fully saturated rings. The Hall–Kier alpha value is -1.91. The first-order chi connectivity index (χ1) is 12.7. The van der Waals surface area contributed by atoms with Crippen molar-refractivity contribution in [1.29, 1.82) is 0 Å². The molecule has 2 heterocycles. The molecular weight excluding hydrogens is 454 g/mol. The van der Waals surface area contributed by atoms with E-state index in [9.17, 15) is 18.0 Å². The van der Waals surface area contributed by atoms with E-state index in [1.807, 2.05) is 4.90 Å². The highest BCUT2D eigenvalue weighted by Crippen LogP contribution is 2.32. The maximum atomic E-state index is 12.8. The van der Waals surface area contributed by atoms with Crippen LogP contribution in [0.3, 0.4) is 0 Å². The van der Waals surface area contributed by atoms with Crippen molar-refractivity contribution in [3.05, 3.63) is 39.0 Å². The van der Waals surface area contributed by atoms with Crippen molar-refractivity contribution in [1.82, 2.24) is 0 Å². The number of carbonyl (C=O) groups excluding carboxylic acids is 2. The first kappa shape index (κ1) is 19.8. The number of benzene rings is 1. The molecule has 1 aromatic carbocycles. The summed E-state index contributed by atoms with van der Waals surface area (Å²) < 4.78 is 23.9. The molecule has 1 aliphatic rings. The van der Waals surface area contributed by atoms with Crippen LogP contribution in [0.25, 0.3) is 0 Å². The van der Waals surface area contributed by atoms with E-state index in [0.717, 1.165) is 29.7 Å². The summed E-state index contributed by atoms with van der Waals surface area (Å²) in [4.78, 5) is 26.8. The molecule has 1 aromatic heterocycles. The van der Waals surface area contributed by atoms with Crippen LogP contribution in [-0.2, 0) is 14.6 Å². The number of thiophene rings is 1. The van der Waals surface area contributed by atoms with Crippen molar-refractivity contribution in [3.8, 4) is 0 Å². The van der Waals surface area contributed by atoms with Crippen molar-refractivity contribution in [3.63, 3.8) is 0 Å². The quantitative estimate of drug-likeness (QED) is 0.696. The molecule has 1 aliphatic heterocycles. The van der Waals surface area contributed by atoms with E-state index in [2.05, 4.69) is 21.2 Å². The molecule has 3 rings (SSSR count). The Morgan fingerprint density at radius 2 is 1.96 bits per heavy atom. The number of carbonyl (C=O) groups is 2. The fourth-order valence-electron chi connectivity index (χ4n) is 3.09. The molecule has 1 atom stereocenters. The lowest BCUT2D eigenvalue weighted by Gasteiger charge is -2.26. The summed E-state index contributed by atoms with van der Waals surface area (Å²) in [6, 6.07) is 7.74. The first-order valence-electron chi connectivity index (χ1n) is 8.13. The van der Waals surface area contributed by atoms with Crippen LogP contribution in [-0.4, -0.2) is 39.1 Å². The largest absolute Gasteiger partial charge is 0.365 e. The maximum Gasteiger partial charge on any atom is 0.260 e. The van der Waals surface area contributed by atoms with Crippen molar-refractivity contribution >= 4 is 60.3 Å². The number of rotatable bonds is 5. The first-order valence-corrected chi connectivity index (χ1v) is 11.6. The van der Waals surface area contributed by atoms with Crippen LogP contribution in [0.1, 0.15) is 22.5 Å². The van der Waals surface area contributed by atoms with Gasteiger partial charge in [-0.1, -0.05) is 0 Å². The number of nitrogens with two attached hydrogens (primary N) is 1. The number of nitrogens with one attached hydrogen (secondary N) is 1. The Bertz CT molecular complexity index is 986. The van der Waals surface area contributed by atoms with Gasteiger partial charge in [-0.15, -0.1) is 11.3 Å². The lowest BCUT2D eigenvalue weighted by atomic mass is 10.2. The Morgan fingerprint density at radius 3 is 2.56 bits per heavy atom. The van der Waals surface area contributed by atoms with Crippen LogP contribution in [0.2, 0.25) is 0 Å². The smallest absolute Gasteiger partial charge is 0.260 e. The van der Waals surface area contributed by atoms with E-state index >= 15 is 0 Å². The lowest BCUT2D eigenvalue weighted by molar-refractivity contribution is -0.117. The van der Waals surface area contributed by atoms with Gasteiger partial charge in [0.2, 0.25) is 5.91 Å². The van der Waals surface area contributed by atoms with Crippen LogP contribution in [0, 0.1) is 0 Å². The predicted octanol–water partition coefficient (Wildman–Crippen LogP) is 2.62. The second-order valence-corrected chi connectivity index (χ2v) is 10.7. The monoisotopic (exact) mass is 471 g/mol. The summed E-state index contributed by atoms with van der Waals surface area (Å²) in [5.41, 5.74) is 6.54. The SMILES string of the molecule is CS(=O)(=O)c1ccc(N2CCC[C@H]2C(=O)Nc2cc(Br)sc2C(N)=O)cc1. The number of nitrogens with zero attached hydrogens (tertiary/aromatic N) is 1. The molecule has 27 heavy (non-hydrogen) atoms. The van der Waals surface area contributed by atoms with Gasteiger partial charge in [-0.25, -0.2) is 8.42 Å². The van der Waals surface area contributed by atoms with Crippen molar-refractivity contribution < 1.29 is 18.0 Å². The number of primary amides is 1. The fraction of sp³-hybridized carbons (Fsp3) is 0.294. The molecule has 0 saturated carbocycles. The van der Waals surface area contributed by atoms with E-state index < -0.39 is 21.8 Å². The molecule has 3 N–H and O–H groups in total. The fourth-order valence-corrected chi connectivity index (χ4v) is 5.12. The lowest BCUT2D eigenvalue weighted by Crippen LogP contribution is -2.39. The van der Waals surface area contributed by atoms with Gasteiger partial charge < -0.3 is 16.0 Å². The van der Waals surface area contributed by atoms with Gasteiger partial charge in [-0.2, -0.15) is 0 Å². The Labute approximate surface area is 169 Å². The maximum absolute atomic E-state index is 12.8. The van der Waals surface area contributed by atoms with Crippen LogP contribution in [0.5, 0.6) is 0 Å². The third kappa shape index (κ3) is 4.33. The summed E-state index contributed by atoms with van der Waals surface area (Å²) in [5.74, 6) is -0.826. The highest BCUT2D eigenvalue weighted by atomic mass is 79.9. The number of amides is 2. The zero-order valence-electron chi connectivity index (χ0n) is 14.4. The number of hydrogen-bond acceptors (Lipinski definition) is 6. The molecule has 144 valence electrons. The van der Waals surface area contributed by atoms with Crippen molar-refractivity contribution in [2.75, 3.05) is 23.0 Å². The van der Waals surface area contributed by atoms with Gasteiger partial charge in [0, 0.05) is 18.5 Å². The van der Waals surface area contributed by atoms with Gasteiger partial charge in [-0.05, 0) is 59.1 Å². The average Bonchev–Trinajstić information content (AvgIpc) is 3.21. The standard InChI is InChI=1S/C17H18BrN3O4S2/c1-27(24,25)11-6-4-10(5-7-11)21-8-2-3-13(21)17(23)20-12-9-14(18)26-15(12)16(19)22/h4-7,9,13H,2-3,8H2,1H3,(H2,19,22)(H,20,23)/t13-/m0/s1. The molecule has 2 amide bonds.